The molecule has 0 radical (unpaired) electrons. The van der Waals surface area contributed by atoms with Crippen LogP contribution in [0.3, 0.4) is 0 Å². The Morgan fingerprint density at radius 3 is 2.29 bits per heavy atom. The van der Waals surface area contributed by atoms with Crippen LogP contribution >= 0.6 is 0 Å². The second-order valence-electron chi connectivity index (χ2n) is 5.75. The van der Waals surface area contributed by atoms with Crippen LogP contribution in [0.25, 0.3) is 0 Å². The molecule has 1 heteroatoms. The molecule has 0 aromatic carbocycles. The summed E-state index contributed by atoms with van der Waals surface area (Å²) in [6.45, 7) is 7.09. The lowest BCUT2D eigenvalue weighted by molar-refractivity contribution is 0.313. The van der Waals surface area contributed by atoms with Gasteiger partial charge in [0.1, 0.15) is 0 Å². The molecule has 0 spiro atoms. The number of hydrogen-bond donors (Lipinski definition) is 1. The lowest BCUT2D eigenvalue weighted by Crippen LogP contribution is -2.32. The van der Waals surface area contributed by atoms with Crippen LogP contribution in [-0.2, 0) is 0 Å². The highest BCUT2D eigenvalue weighted by Crippen LogP contribution is 2.39. The summed E-state index contributed by atoms with van der Waals surface area (Å²) in [5, 5.41) is 3.78. The van der Waals surface area contributed by atoms with Crippen molar-refractivity contribution in [1.82, 2.24) is 5.32 Å². The van der Waals surface area contributed by atoms with E-state index in [1.807, 2.05) is 0 Å². The molecule has 0 bridgehead atoms. The van der Waals surface area contributed by atoms with E-state index in [0.29, 0.717) is 0 Å². The smallest absolute Gasteiger partial charge is 0.00959 e. The third kappa shape index (κ3) is 1.98. The molecule has 2 aliphatic rings. The molecule has 0 aromatic heterocycles. The number of hydrogen-bond acceptors (Lipinski definition) is 1. The van der Waals surface area contributed by atoms with Crippen molar-refractivity contribution < 1.29 is 0 Å². The molecule has 82 valence electrons. The molecule has 3 atom stereocenters. The average Bonchev–Trinajstić information content (AvgIpc) is 2.71. The van der Waals surface area contributed by atoms with E-state index < -0.39 is 0 Å². The van der Waals surface area contributed by atoms with Gasteiger partial charge in [-0.3, -0.25) is 0 Å². The highest BCUT2D eigenvalue weighted by Gasteiger charge is 2.37. The Morgan fingerprint density at radius 2 is 1.79 bits per heavy atom. The van der Waals surface area contributed by atoms with E-state index in [1.54, 1.807) is 0 Å². The molecule has 1 nitrogen and oxygen atoms in total. The van der Waals surface area contributed by atoms with Crippen molar-refractivity contribution in [2.45, 2.75) is 65.0 Å². The van der Waals surface area contributed by atoms with Gasteiger partial charge in [-0.05, 0) is 31.1 Å². The summed E-state index contributed by atoms with van der Waals surface area (Å²) in [6, 6.07) is 1.56. The second kappa shape index (κ2) is 4.22. The molecule has 2 fully saturated rings. The Morgan fingerprint density at radius 1 is 1.14 bits per heavy atom. The van der Waals surface area contributed by atoms with Crippen LogP contribution in [-0.4, -0.2) is 12.1 Å². The van der Waals surface area contributed by atoms with E-state index >= 15 is 0 Å². The first-order valence-corrected chi connectivity index (χ1v) is 6.44. The van der Waals surface area contributed by atoms with Gasteiger partial charge in [0, 0.05) is 12.1 Å². The molecule has 1 N–H and O–H groups in total. The molecule has 1 saturated heterocycles. The third-order valence-electron chi connectivity index (χ3n) is 4.46. The van der Waals surface area contributed by atoms with Crippen molar-refractivity contribution in [3.63, 3.8) is 0 Å². The van der Waals surface area contributed by atoms with Crippen molar-refractivity contribution in [2.24, 2.45) is 17.8 Å². The molecule has 2 rings (SSSR count). The van der Waals surface area contributed by atoms with Gasteiger partial charge in [0.15, 0.2) is 0 Å². The highest BCUT2D eigenvalue weighted by atomic mass is 15.0. The topological polar surface area (TPSA) is 12.0 Å². The summed E-state index contributed by atoms with van der Waals surface area (Å²) in [6.07, 6.45) is 7.41. The predicted octanol–water partition coefficient (Wildman–Crippen LogP) is 3.20. The first-order chi connectivity index (χ1) is 6.68. The van der Waals surface area contributed by atoms with Gasteiger partial charge >= 0.3 is 0 Å². The maximum atomic E-state index is 3.78. The summed E-state index contributed by atoms with van der Waals surface area (Å²) in [7, 11) is 0. The van der Waals surface area contributed by atoms with Crippen LogP contribution in [0.2, 0.25) is 0 Å². The quantitative estimate of drug-likeness (QED) is 0.713. The summed E-state index contributed by atoms with van der Waals surface area (Å²) in [4.78, 5) is 0. The van der Waals surface area contributed by atoms with Gasteiger partial charge in [-0.15, -0.1) is 0 Å². The third-order valence-corrected chi connectivity index (χ3v) is 4.46. The minimum atomic E-state index is 0.769. The molecule has 1 heterocycles. The number of rotatable bonds is 2. The van der Waals surface area contributed by atoms with E-state index in [9.17, 15) is 0 Å². The fourth-order valence-electron chi connectivity index (χ4n) is 3.48. The monoisotopic (exact) mass is 195 g/mol. The molecule has 1 aliphatic carbocycles. The van der Waals surface area contributed by atoms with Crippen molar-refractivity contribution >= 4 is 0 Å². The molecule has 3 unspecified atom stereocenters. The zero-order valence-electron chi connectivity index (χ0n) is 9.92. The van der Waals surface area contributed by atoms with Crippen molar-refractivity contribution in [2.75, 3.05) is 0 Å². The van der Waals surface area contributed by atoms with Crippen LogP contribution in [0, 0.1) is 17.8 Å². The van der Waals surface area contributed by atoms with Gasteiger partial charge in [0.25, 0.3) is 0 Å². The van der Waals surface area contributed by atoms with Gasteiger partial charge in [-0.25, -0.2) is 0 Å². The van der Waals surface area contributed by atoms with Gasteiger partial charge in [-0.2, -0.15) is 0 Å². The van der Waals surface area contributed by atoms with Crippen LogP contribution in [0.1, 0.15) is 52.9 Å². The Hall–Kier alpha value is -0.0400. The minimum Gasteiger partial charge on any atom is -0.311 e. The molecule has 14 heavy (non-hydrogen) atoms. The zero-order chi connectivity index (χ0) is 10.1. The maximum Gasteiger partial charge on any atom is 0.00959 e. The largest absolute Gasteiger partial charge is 0.311 e. The molecular formula is C13H25N. The summed E-state index contributed by atoms with van der Waals surface area (Å²) in [5.41, 5.74) is 0. The Bertz CT molecular complexity index is 182. The average molecular weight is 195 g/mol. The zero-order valence-corrected chi connectivity index (χ0v) is 9.92. The number of nitrogens with one attached hydrogen (secondary N) is 1. The SMILES string of the molecule is CC(C)C1CC(C2CCCC2)C(C)N1. The van der Waals surface area contributed by atoms with Crippen LogP contribution in [0.15, 0.2) is 0 Å². The van der Waals surface area contributed by atoms with Gasteiger partial charge < -0.3 is 5.32 Å². The van der Waals surface area contributed by atoms with Gasteiger partial charge in [0.2, 0.25) is 0 Å². The first kappa shape index (κ1) is 10.5. The van der Waals surface area contributed by atoms with Crippen LogP contribution < -0.4 is 5.32 Å². The van der Waals surface area contributed by atoms with E-state index in [4.69, 9.17) is 0 Å². The highest BCUT2D eigenvalue weighted by molar-refractivity contribution is 4.93. The molecule has 1 saturated carbocycles. The normalized spacial score (nSPS) is 39.9. The first-order valence-electron chi connectivity index (χ1n) is 6.44. The van der Waals surface area contributed by atoms with Gasteiger partial charge in [-0.1, -0.05) is 39.5 Å². The summed E-state index contributed by atoms with van der Waals surface area (Å²) < 4.78 is 0. The Labute approximate surface area is 88.7 Å². The van der Waals surface area contributed by atoms with E-state index in [2.05, 4.69) is 26.1 Å². The van der Waals surface area contributed by atoms with Crippen molar-refractivity contribution in [1.29, 1.82) is 0 Å². The standard InChI is InChI=1S/C13H25N/c1-9(2)13-8-12(10(3)14-13)11-6-4-5-7-11/h9-14H,4-8H2,1-3H3. The molecule has 0 amide bonds. The predicted molar refractivity (Wildman–Crippen MR) is 61.3 cm³/mol. The van der Waals surface area contributed by atoms with E-state index in [1.165, 1.54) is 32.1 Å². The Kier molecular flexibility index (Phi) is 3.16. The van der Waals surface area contributed by atoms with E-state index in [-0.39, 0.29) is 0 Å². The van der Waals surface area contributed by atoms with Crippen LogP contribution in [0.4, 0.5) is 0 Å². The summed E-state index contributed by atoms with van der Waals surface area (Å²) >= 11 is 0. The maximum absolute atomic E-state index is 3.78. The Balaban J connectivity index is 1.93. The lowest BCUT2D eigenvalue weighted by atomic mass is 9.83. The molecule has 1 aliphatic heterocycles. The van der Waals surface area contributed by atoms with Crippen molar-refractivity contribution in [3.05, 3.63) is 0 Å². The van der Waals surface area contributed by atoms with E-state index in [0.717, 1.165) is 29.8 Å². The summed E-state index contributed by atoms with van der Waals surface area (Å²) in [5.74, 6) is 2.83. The van der Waals surface area contributed by atoms with Gasteiger partial charge in [0.05, 0.1) is 0 Å². The molecule has 0 aromatic rings. The minimum absolute atomic E-state index is 0.769. The second-order valence-corrected chi connectivity index (χ2v) is 5.75. The fraction of sp³-hybridized carbons (Fsp3) is 1.00. The lowest BCUT2D eigenvalue weighted by Gasteiger charge is -2.21. The fourth-order valence-corrected chi connectivity index (χ4v) is 3.48. The molecular weight excluding hydrogens is 170 g/mol. The van der Waals surface area contributed by atoms with Crippen LogP contribution in [0.5, 0.6) is 0 Å². The van der Waals surface area contributed by atoms with Crippen molar-refractivity contribution in [3.8, 4) is 0 Å².